The number of aryl methyl sites for hydroxylation is 2. The van der Waals surface area contributed by atoms with E-state index >= 15 is 0 Å². The number of aromatic hydroxyl groups is 1. The number of unbranched alkanes of at least 4 members (excludes halogenated alkanes) is 1. The van der Waals surface area contributed by atoms with Crippen molar-refractivity contribution in [3.05, 3.63) is 99.3 Å². The van der Waals surface area contributed by atoms with Crippen molar-refractivity contribution in [3.8, 4) is 5.75 Å². The Kier molecular flexibility index (Phi) is 12.4. The van der Waals surface area contributed by atoms with Crippen LogP contribution in [0.1, 0.15) is 107 Å². The van der Waals surface area contributed by atoms with Crippen molar-refractivity contribution in [1.82, 2.24) is 30.2 Å². The van der Waals surface area contributed by atoms with Gasteiger partial charge in [-0.1, -0.05) is 81.6 Å². The lowest BCUT2D eigenvalue weighted by Gasteiger charge is -2.45. The molecule has 1 aliphatic carbocycles. The fourth-order valence-electron chi connectivity index (χ4n) is 9.60. The minimum atomic E-state index is -2.20. The summed E-state index contributed by atoms with van der Waals surface area (Å²) in [5.41, 5.74) is 5.97. The Labute approximate surface area is 355 Å². The van der Waals surface area contributed by atoms with E-state index in [-0.39, 0.29) is 34.5 Å². The predicted octanol–water partition coefficient (Wildman–Crippen LogP) is 8.69. The maximum Gasteiger partial charge on any atom is 0.316 e. The van der Waals surface area contributed by atoms with Crippen LogP contribution < -0.4 is 10.9 Å². The number of ether oxygens (including phenoxy) is 1. The number of esters is 1. The second kappa shape index (κ2) is 17.6. The molecule has 12 heteroatoms. The maximum atomic E-state index is 14.1. The van der Waals surface area contributed by atoms with Crippen LogP contribution in [0, 0.1) is 5.92 Å². The Morgan fingerprint density at radius 1 is 1.00 bits per heavy atom. The van der Waals surface area contributed by atoms with Gasteiger partial charge in [0.25, 0.3) is 0 Å². The molecule has 0 amide bonds. The number of phenolic OH excluding ortho intramolecular Hbond substituents is 1. The lowest BCUT2D eigenvalue weighted by molar-refractivity contribution is -0.167. The molecule has 0 unspecified atom stereocenters. The van der Waals surface area contributed by atoms with Crippen LogP contribution in [0.3, 0.4) is 0 Å². The third-order valence-electron chi connectivity index (χ3n) is 14.3. The van der Waals surface area contributed by atoms with Gasteiger partial charge in [0.2, 0.25) is 5.56 Å². The molecule has 3 saturated heterocycles. The summed E-state index contributed by atoms with van der Waals surface area (Å²) in [7, 11) is -2.20. The van der Waals surface area contributed by atoms with Gasteiger partial charge in [-0.2, -0.15) is 0 Å². The molecule has 5 heterocycles. The molecule has 3 aromatic carbocycles. The van der Waals surface area contributed by atoms with Gasteiger partial charge in [-0.15, -0.1) is 5.10 Å². The summed E-state index contributed by atoms with van der Waals surface area (Å²) in [4.78, 5) is 31.5. The van der Waals surface area contributed by atoms with Crippen molar-refractivity contribution >= 4 is 36.2 Å². The van der Waals surface area contributed by atoms with Crippen molar-refractivity contribution < 1.29 is 19.1 Å². The number of pyridine rings is 1. The number of carbonyl (C=O) groups excluding carboxylic acids is 1. The molecule has 0 spiro atoms. The van der Waals surface area contributed by atoms with E-state index in [4.69, 9.17) is 9.16 Å². The Morgan fingerprint density at radius 2 is 1.80 bits per heavy atom. The highest BCUT2D eigenvalue weighted by Gasteiger charge is 2.46. The zero-order valence-corrected chi connectivity index (χ0v) is 37.3. The highest BCUT2D eigenvalue weighted by molar-refractivity contribution is 6.74. The molecule has 2 atom stereocenters. The molecule has 0 radical (unpaired) electrons. The number of nitrogens with one attached hydrogen (secondary N) is 2. The predicted molar refractivity (Wildman–Crippen MR) is 240 cm³/mol. The van der Waals surface area contributed by atoms with Crippen LogP contribution in [0.15, 0.2) is 71.5 Å². The largest absolute Gasteiger partial charge is 0.506 e. The van der Waals surface area contributed by atoms with Gasteiger partial charge in [0.05, 0.1) is 22.6 Å². The van der Waals surface area contributed by atoms with E-state index in [0.29, 0.717) is 24.5 Å². The van der Waals surface area contributed by atoms with Crippen molar-refractivity contribution in [3.63, 3.8) is 0 Å². The van der Waals surface area contributed by atoms with Crippen LogP contribution in [0.2, 0.25) is 18.1 Å². The van der Waals surface area contributed by atoms with Crippen LogP contribution >= 0.6 is 0 Å². The van der Waals surface area contributed by atoms with Crippen LogP contribution in [-0.2, 0) is 38.9 Å². The first kappa shape index (κ1) is 42.3. The number of hydrogen-bond donors (Lipinski definition) is 3. The lowest BCUT2D eigenvalue weighted by atomic mass is 9.69. The van der Waals surface area contributed by atoms with Crippen LogP contribution in [0.5, 0.6) is 5.75 Å². The number of phenols is 1. The van der Waals surface area contributed by atoms with Crippen molar-refractivity contribution in [2.75, 3.05) is 26.2 Å². The van der Waals surface area contributed by atoms with Gasteiger partial charge in [-0.25, -0.2) is 4.68 Å². The Balaban J connectivity index is 0.880. The average Bonchev–Trinajstić information content (AvgIpc) is 3.64. The monoisotopic (exact) mass is 832 g/mol. The van der Waals surface area contributed by atoms with Crippen molar-refractivity contribution in [1.29, 1.82) is 0 Å². The number of aromatic amines is 1. The van der Waals surface area contributed by atoms with Crippen LogP contribution in [0.4, 0.5) is 0 Å². The van der Waals surface area contributed by atoms with Gasteiger partial charge in [0.1, 0.15) is 17.4 Å². The molecule has 320 valence electrons. The lowest BCUT2D eigenvalue weighted by Crippen LogP contribution is -2.53. The summed E-state index contributed by atoms with van der Waals surface area (Å²) in [6, 6.07) is 22.0. The minimum absolute atomic E-state index is 0.00412. The zero-order chi connectivity index (χ0) is 42.1. The normalized spacial score (nSPS) is 21.1. The number of nitrogens with zero attached hydrogens (tertiary/aromatic N) is 4. The van der Waals surface area contributed by atoms with E-state index in [2.05, 4.69) is 102 Å². The number of hydrogen-bond acceptors (Lipinski definition) is 9. The first-order valence-electron chi connectivity index (χ1n) is 22.4. The number of fused-ring (bicyclic) bond motifs is 5. The molecule has 60 heavy (non-hydrogen) atoms. The fourth-order valence-corrected chi connectivity index (χ4v) is 10.9. The summed E-state index contributed by atoms with van der Waals surface area (Å²) < 4.78 is 15.4. The Morgan fingerprint density at radius 3 is 2.55 bits per heavy atom. The number of piperidine rings is 3. The Bertz CT molecular complexity index is 2350. The molecule has 4 fully saturated rings. The SMILES string of the molecule is CC(C)(C)[Si](C)(C)O[C@@H](CNCc1ccc2c(c1)nnn2CCCCc1cccc(C2(C(=O)O[C@@H]3CN4CCC3CC4)CCCCC2)c1)c1ccc(O)c2[nH]c(=O)ccc12. The van der Waals surface area contributed by atoms with Crippen LogP contribution in [-0.4, -0.2) is 76.6 Å². The van der Waals surface area contributed by atoms with Crippen molar-refractivity contribution in [2.45, 2.75) is 134 Å². The number of rotatable bonds is 15. The quantitative estimate of drug-likeness (QED) is 0.0538. The zero-order valence-electron chi connectivity index (χ0n) is 36.3. The summed E-state index contributed by atoms with van der Waals surface area (Å²) in [5.74, 6) is 0.566. The van der Waals surface area contributed by atoms with E-state index in [9.17, 15) is 14.7 Å². The second-order valence-electron chi connectivity index (χ2n) is 19.3. The van der Waals surface area contributed by atoms with Gasteiger partial charge < -0.3 is 24.6 Å². The van der Waals surface area contributed by atoms with E-state index in [1.807, 2.05) is 10.7 Å². The second-order valence-corrected chi connectivity index (χ2v) is 24.1. The minimum Gasteiger partial charge on any atom is -0.506 e. The van der Waals surface area contributed by atoms with Gasteiger partial charge in [-0.05, 0) is 129 Å². The first-order chi connectivity index (χ1) is 28.8. The molecular weight excluding hydrogens is 769 g/mol. The molecule has 4 aliphatic rings. The van der Waals surface area contributed by atoms with Gasteiger partial charge >= 0.3 is 5.97 Å². The van der Waals surface area contributed by atoms with Crippen molar-refractivity contribution in [2.24, 2.45) is 5.92 Å². The Hall–Kier alpha value is -4.36. The molecule has 5 aromatic rings. The number of aromatic nitrogens is 4. The summed E-state index contributed by atoms with van der Waals surface area (Å²) >= 11 is 0. The average molecular weight is 833 g/mol. The third-order valence-corrected chi connectivity index (χ3v) is 18.7. The van der Waals surface area contributed by atoms with Crippen LogP contribution in [0.25, 0.3) is 21.9 Å². The third kappa shape index (κ3) is 8.98. The molecule has 3 N–H and O–H groups in total. The summed E-state index contributed by atoms with van der Waals surface area (Å²) in [6.45, 7) is 16.3. The van der Waals surface area contributed by atoms with E-state index in [0.717, 1.165) is 117 Å². The van der Waals surface area contributed by atoms with Gasteiger partial charge in [-0.3, -0.25) is 14.5 Å². The maximum absolute atomic E-state index is 14.1. The molecular formula is C48H64N6O5Si. The van der Waals surface area contributed by atoms with E-state index < -0.39 is 13.7 Å². The highest BCUT2D eigenvalue weighted by atomic mass is 28.4. The van der Waals surface area contributed by atoms with Gasteiger partial charge in [0, 0.05) is 37.6 Å². The fraction of sp³-hybridized carbons (Fsp3) is 0.542. The topological polar surface area (TPSA) is 135 Å². The standard InChI is InChI=1S/C48H64N6O5Si/c1-47(2,3)60(4,5)59-42(37-16-19-41(55)45-38(37)17-20-44(56)50-45)31-49-30-34-15-18-40-39(29-34)51-52-54(40)25-10-7-12-33-13-11-14-36(28-33)48(23-8-6-9-24-48)46(57)58-43-32-53-26-21-35(43)22-27-53/h11,13-20,28-29,35,42-43,49,55H,6-10,12,21-27,30-32H2,1-5H3,(H,50,56)/t42-,43+/m0/s1. The molecule has 9 rings (SSSR count). The summed E-state index contributed by atoms with van der Waals surface area (Å²) in [6.07, 6.45) is 10.0. The molecule has 3 aliphatic heterocycles. The number of benzene rings is 3. The summed E-state index contributed by atoms with van der Waals surface area (Å²) in [5, 5.41) is 24.0. The first-order valence-corrected chi connectivity index (χ1v) is 25.3. The number of carbonyl (C=O) groups is 1. The molecule has 11 nitrogen and oxygen atoms in total. The van der Waals surface area contributed by atoms with E-state index in [1.54, 1.807) is 12.1 Å². The van der Waals surface area contributed by atoms with Gasteiger partial charge in [0.15, 0.2) is 8.32 Å². The highest BCUT2D eigenvalue weighted by Crippen LogP contribution is 2.43. The molecule has 2 bridgehead atoms. The molecule has 1 saturated carbocycles. The number of H-pyrrole nitrogens is 1. The smallest absolute Gasteiger partial charge is 0.316 e. The van der Waals surface area contributed by atoms with E-state index in [1.165, 1.54) is 18.1 Å². The molecule has 2 aromatic heterocycles.